The molecule has 6 heteroatoms. The molecular formula is C12H15N5O. The Morgan fingerprint density at radius 3 is 2.78 bits per heavy atom. The average molecular weight is 245 g/mol. The van der Waals surface area contributed by atoms with Crippen molar-refractivity contribution in [3.05, 3.63) is 40.3 Å². The van der Waals surface area contributed by atoms with Crippen LogP contribution in [0.3, 0.4) is 0 Å². The Labute approximate surface area is 104 Å². The van der Waals surface area contributed by atoms with Gasteiger partial charge in [0.05, 0.1) is 0 Å². The van der Waals surface area contributed by atoms with Gasteiger partial charge in [-0.25, -0.2) is 10.2 Å². The number of benzene rings is 1. The van der Waals surface area contributed by atoms with Crippen molar-refractivity contribution in [2.45, 2.75) is 13.3 Å². The van der Waals surface area contributed by atoms with Crippen molar-refractivity contribution >= 4 is 5.95 Å². The van der Waals surface area contributed by atoms with Gasteiger partial charge < -0.3 is 0 Å². The number of hydrogen-bond acceptors (Lipinski definition) is 5. The van der Waals surface area contributed by atoms with Crippen LogP contribution in [-0.2, 0) is 6.42 Å². The first-order chi connectivity index (χ1) is 8.74. The normalized spacial score (nSPS) is 10.3. The Morgan fingerprint density at radius 1 is 1.28 bits per heavy atom. The van der Waals surface area contributed by atoms with E-state index in [0.717, 1.165) is 17.5 Å². The maximum atomic E-state index is 11.5. The van der Waals surface area contributed by atoms with Crippen LogP contribution in [0.1, 0.15) is 12.5 Å². The zero-order valence-corrected chi connectivity index (χ0v) is 10.3. The lowest BCUT2D eigenvalue weighted by molar-refractivity contribution is 0.904. The van der Waals surface area contributed by atoms with Gasteiger partial charge in [-0.3, -0.25) is 10.4 Å². The monoisotopic (exact) mass is 245 g/mol. The summed E-state index contributed by atoms with van der Waals surface area (Å²) < 4.78 is 0. The largest absolute Gasteiger partial charge is 0.349 e. The van der Waals surface area contributed by atoms with Crippen LogP contribution in [0.5, 0.6) is 0 Å². The molecule has 1 heterocycles. The van der Waals surface area contributed by atoms with Gasteiger partial charge in [-0.1, -0.05) is 31.2 Å². The van der Waals surface area contributed by atoms with E-state index in [9.17, 15) is 4.79 Å². The number of aryl methyl sites for hydroxylation is 1. The van der Waals surface area contributed by atoms with Crippen molar-refractivity contribution in [1.29, 1.82) is 0 Å². The van der Waals surface area contributed by atoms with Crippen molar-refractivity contribution in [1.82, 2.24) is 20.4 Å². The molecule has 18 heavy (non-hydrogen) atoms. The third-order valence-corrected chi connectivity index (χ3v) is 2.54. The Bertz CT molecular complexity index is 593. The standard InChI is InChI=1S/C12H15N5O/c1-3-8-6-4-5-7-9(8)10-14-11(17-13-2)16-12(18)15-10/h4-7,13H,3H2,1-2H3,(H2,14,15,16,17,18). The van der Waals surface area contributed by atoms with E-state index in [4.69, 9.17) is 0 Å². The Morgan fingerprint density at radius 2 is 2.06 bits per heavy atom. The molecule has 2 rings (SSSR count). The Hall–Kier alpha value is -2.21. The van der Waals surface area contributed by atoms with Gasteiger partial charge in [0.1, 0.15) is 5.82 Å². The summed E-state index contributed by atoms with van der Waals surface area (Å²) in [4.78, 5) is 22.1. The molecular weight excluding hydrogens is 230 g/mol. The molecule has 0 aliphatic heterocycles. The fourth-order valence-corrected chi connectivity index (χ4v) is 1.74. The highest BCUT2D eigenvalue weighted by molar-refractivity contribution is 5.60. The van der Waals surface area contributed by atoms with Crippen molar-refractivity contribution in [3.8, 4) is 11.4 Å². The molecule has 0 saturated heterocycles. The van der Waals surface area contributed by atoms with E-state index >= 15 is 0 Å². The summed E-state index contributed by atoms with van der Waals surface area (Å²) in [5.41, 5.74) is 7.01. The summed E-state index contributed by atoms with van der Waals surface area (Å²) in [5, 5.41) is 0. The van der Waals surface area contributed by atoms with Crippen molar-refractivity contribution in [2.24, 2.45) is 0 Å². The zero-order chi connectivity index (χ0) is 13.0. The van der Waals surface area contributed by atoms with Crippen LogP contribution in [0.4, 0.5) is 5.95 Å². The highest BCUT2D eigenvalue weighted by atomic mass is 16.1. The molecule has 1 aromatic carbocycles. The van der Waals surface area contributed by atoms with Crippen molar-refractivity contribution in [3.63, 3.8) is 0 Å². The molecule has 0 atom stereocenters. The lowest BCUT2D eigenvalue weighted by atomic mass is 10.1. The number of aromatic nitrogens is 3. The molecule has 0 aliphatic rings. The fourth-order valence-electron chi connectivity index (χ4n) is 1.74. The molecule has 2 aromatic rings. The first-order valence-corrected chi connectivity index (χ1v) is 5.74. The van der Waals surface area contributed by atoms with Crippen LogP contribution in [-0.4, -0.2) is 22.0 Å². The van der Waals surface area contributed by atoms with Crippen LogP contribution in [0.15, 0.2) is 29.1 Å². The van der Waals surface area contributed by atoms with E-state index in [1.54, 1.807) is 7.05 Å². The third kappa shape index (κ3) is 2.54. The van der Waals surface area contributed by atoms with E-state index in [1.807, 2.05) is 24.3 Å². The van der Waals surface area contributed by atoms with Crippen LogP contribution < -0.4 is 16.5 Å². The van der Waals surface area contributed by atoms with E-state index in [1.165, 1.54) is 0 Å². The molecule has 0 bridgehead atoms. The zero-order valence-electron chi connectivity index (χ0n) is 10.3. The van der Waals surface area contributed by atoms with Gasteiger partial charge in [-0.05, 0) is 12.0 Å². The van der Waals surface area contributed by atoms with Crippen molar-refractivity contribution < 1.29 is 0 Å². The summed E-state index contributed by atoms with van der Waals surface area (Å²) in [6.07, 6.45) is 0.872. The SMILES string of the molecule is CCc1ccccc1-c1nc(NNC)nc(=O)[nH]1. The van der Waals surface area contributed by atoms with Gasteiger partial charge >= 0.3 is 5.69 Å². The predicted molar refractivity (Wildman–Crippen MR) is 70.1 cm³/mol. The molecule has 1 aromatic heterocycles. The van der Waals surface area contributed by atoms with Gasteiger partial charge in [-0.2, -0.15) is 9.97 Å². The first kappa shape index (κ1) is 12.3. The number of anilines is 1. The third-order valence-electron chi connectivity index (χ3n) is 2.54. The number of aromatic amines is 1. The maximum Gasteiger partial charge on any atom is 0.349 e. The van der Waals surface area contributed by atoms with Crippen LogP contribution >= 0.6 is 0 Å². The highest BCUT2D eigenvalue weighted by Gasteiger charge is 2.08. The second-order valence-electron chi connectivity index (χ2n) is 3.71. The molecule has 94 valence electrons. The summed E-state index contributed by atoms with van der Waals surface area (Å²) >= 11 is 0. The van der Waals surface area contributed by atoms with E-state index in [0.29, 0.717) is 5.82 Å². The molecule has 0 unspecified atom stereocenters. The number of nitrogens with zero attached hydrogens (tertiary/aromatic N) is 2. The Kier molecular flexibility index (Phi) is 3.69. The summed E-state index contributed by atoms with van der Waals surface area (Å²) in [6.45, 7) is 2.06. The minimum absolute atomic E-state index is 0.252. The minimum atomic E-state index is -0.427. The van der Waals surface area contributed by atoms with E-state index < -0.39 is 5.69 Å². The smallest absolute Gasteiger partial charge is 0.290 e. The van der Waals surface area contributed by atoms with Gasteiger partial charge in [0.25, 0.3) is 0 Å². The number of rotatable bonds is 4. The topological polar surface area (TPSA) is 82.7 Å². The summed E-state index contributed by atoms with van der Waals surface area (Å²) in [5.74, 6) is 0.771. The van der Waals surface area contributed by atoms with Crippen LogP contribution in [0.2, 0.25) is 0 Å². The molecule has 0 amide bonds. The van der Waals surface area contributed by atoms with Gasteiger partial charge in [0.2, 0.25) is 5.95 Å². The molecule has 0 spiro atoms. The second kappa shape index (κ2) is 5.42. The van der Waals surface area contributed by atoms with E-state index in [2.05, 4.69) is 32.7 Å². The second-order valence-corrected chi connectivity index (χ2v) is 3.71. The predicted octanol–water partition coefficient (Wildman–Crippen LogP) is 0.941. The van der Waals surface area contributed by atoms with Gasteiger partial charge in [0, 0.05) is 12.6 Å². The summed E-state index contributed by atoms with van der Waals surface area (Å²) in [6, 6.07) is 7.83. The molecule has 0 saturated carbocycles. The quantitative estimate of drug-likeness (QED) is 0.698. The number of nitrogens with one attached hydrogen (secondary N) is 3. The lowest BCUT2D eigenvalue weighted by Crippen LogP contribution is -2.23. The molecule has 0 fully saturated rings. The van der Waals surface area contributed by atoms with E-state index in [-0.39, 0.29) is 5.95 Å². The molecule has 0 aliphatic carbocycles. The number of hydrogen-bond donors (Lipinski definition) is 3. The van der Waals surface area contributed by atoms with Gasteiger partial charge in [-0.15, -0.1) is 0 Å². The maximum absolute atomic E-state index is 11.5. The van der Waals surface area contributed by atoms with Crippen molar-refractivity contribution in [2.75, 3.05) is 12.5 Å². The average Bonchev–Trinajstić information content (AvgIpc) is 2.38. The van der Waals surface area contributed by atoms with Crippen LogP contribution in [0.25, 0.3) is 11.4 Å². The number of hydrazine groups is 1. The molecule has 6 nitrogen and oxygen atoms in total. The molecule has 0 radical (unpaired) electrons. The number of H-pyrrole nitrogens is 1. The highest BCUT2D eigenvalue weighted by Crippen LogP contribution is 2.19. The summed E-state index contributed by atoms with van der Waals surface area (Å²) in [7, 11) is 1.68. The first-order valence-electron chi connectivity index (χ1n) is 5.74. The van der Waals surface area contributed by atoms with Gasteiger partial charge in [0.15, 0.2) is 0 Å². The minimum Gasteiger partial charge on any atom is -0.290 e. The fraction of sp³-hybridized carbons (Fsp3) is 0.250. The molecule has 3 N–H and O–H groups in total. The Balaban J connectivity index is 2.53. The lowest BCUT2D eigenvalue weighted by Gasteiger charge is -2.08. The van der Waals surface area contributed by atoms with Crippen LogP contribution in [0, 0.1) is 0 Å².